The summed E-state index contributed by atoms with van der Waals surface area (Å²) in [5.74, 6) is -0.323. The lowest BCUT2D eigenvalue weighted by atomic mass is 9.93. The summed E-state index contributed by atoms with van der Waals surface area (Å²) in [5.41, 5.74) is 4.63. The number of hydrogen-bond acceptors (Lipinski definition) is 5. The van der Waals surface area contributed by atoms with Crippen molar-refractivity contribution in [2.75, 3.05) is 0 Å². The first kappa shape index (κ1) is 23.2. The smallest absolute Gasteiger partial charge is 0.353 e. The number of hydrogen-bond donors (Lipinski definition) is 4. The van der Waals surface area contributed by atoms with E-state index in [1.807, 2.05) is 0 Å². The number of hydrazine groups is 1. The van der Waals surface area contributed by atoms with E-state index in [9.17, 15) is 22.4 Å². The molecule has 166 valence electrons. The Hall–Kier alpha value is -0.490. The minimum Gasteiger partial charge on any atom is -0.353 e. The van der Waals surface area contributed by atoms with E-state index in [0.29, 0.717) is 19.3 Å². The summed E-state index contributed by atoms with van der Waals surface area (Å²) < 4.78 is 52.3. The molecule has 1 amide bonds. The lowest BCUT2D eigenvalue weighted by Gasteiger charge is -2.30. The van der Waals surface area contributed by atoms with Crippen LogP contribution < -0.4 is 21.5 Å². The van der Waals surface area contributed by atoms with Crippen LogP contribution in [0.4, 0.5) is 17.6 Å². The van der Waals surface area contributed by atoms with Gasteiger partial charge in [-0.15, -0.1) is 35.0 Å². The maximum atomic E-state index is 13.9. The van der Waals surface area contributed by atoms with Crippen LogP contribution in [0.15, 0.2) is 4.99 Å². The molecule has 0 aromatic rings. The number of rotatable bonds is 3. The molecular weight excluding hydrogens is 457 g/mol. The molecule has 3 aliphatic rings. The maximum Gasteiger partial charge on any atom is 0.405 e. The predicted molar refractivity (Wildman–Crippen MR) is 106 cm³/mol. The Balaban J connectivity index is 1.68. The third kappa shape index (κ3) is 6.75. The molecule has 0 radical (unpaired) electrons. The normalized spacial score (nSPS) is 38.8. The van der Waals surface area contributed by atoms with Gasteiger partial charge in [0.2, 0.25) is 5.91 Å². The van der Waals surface area contributed by atoms with Crippen LogP contribution in [-0.2, 0) is 4.79 Å². The molecule has 3 rings (SSSR count). The summed E-state index contributed by atoms with van der Waals surface area (Å²) in [6.45, 7) is 0. The van der Waals surface area contributed by atoms with Gasteiger partial charge in [-0.3, -0.25) is 10.1 Å². The third-order valence-corrected chi connectivity index (χ3v) is 7.19. The average Bonchev–Trinajstić information content (AvgIpc) is 3.22. The molecule has 2 aliphatic heterocycles. The fourth-order valence-electron chi connectivity index (χ4n) is 3.58. The largest absolute Gasteiger partial charge is 0.405 e. The SMILES string of the molecule is O=C(N/C(=N\C1CC(C(F)(F)F)NN1)NC1CC(F)CC(Cl)C1)C1CCC(Cl)S1. The second-order valence-electron chi connectivity index (χ2n) is 7.46. The summed E-state index contributed by atoms with van der Waals surface area (Å²) in [6.07, 6.45) is -4.58. The quantitative estimate of drug-likeness (QED) is 0.216. The van der Waals surface area contributed by atoms with Crippen LogP contribution in [0, 0.1) is 0 Å². The standard InChI is InChI=1S/C16H23Cl2F4N5OS/c17-7-3-8(19)5-9(4-7)23-15(25-14(28)10-1-2-12(18)29-10)24-13-6-11(26-27-13)16(20,21)22/h7-13,26-27H,1-6H2,(H2,23,24,25,28). The van der Waals surface area contributed by atoms with Crippen LogP contribution in [0.25, 0.3) is 0 Å². The fourth-order valence-corrected chi connectivity index (χ4v) is 5.57. The molecule has 6 nitrogen and oxygen atoms in total. The summed E-state index contributed by atoms with van der Waals surface area (Å²) in [6, 6.07) is -2.13. The molecule has 0 bridgehead atoms. The number of alkyl halides is 6. The van der Waals surface area contributed by atoms with E-state index >= 15 is 0 Å². The number of carbonyl (C=O) groups is 1. The van der Waals surface area contributed by atoms with E-state index in [1.54, 1.807) is 0 Å². The highest BCUT2D eigenvalue weighted by atomic mass is 35.5. The number of aliphatic imine (C=N–C) groups is 1. The van der Waals surface area contributed by atoms with Crippen LogP contribution in [-0.4, -0.2) is 57.8 Å². The molecule has 4 N–H and O–H groups in total. The van der Waals surface area contributed by atoms with Gasteiger partial charge in [-0.1, -0.05) is 0 Å². The average molecular weight is 480 g/mol. The van der Waals surface area contributed by atoms with Crippen molar-refractivity contribution in [3.05, 3.63) is 0 Å². The second kappa shape index (κ2) is 9.76. The molecule has 1 aliphatic carbocycles. The zero-order valence-corrected chi connectivity index (χ0v) is 17.6. The van der Waals surface area contributed by atoms with Crippen molar-refractivity contribution in [1.82, 2.24) is 21.5 Å². The van der Waals surface area contributed by atoms with Gasteiger partial charge in [-0.05, 0) is 32.1 Å². The van der Waals surface area contributed by atoms with E-state index in [-0.39, 0.29) is 52.5 Å². The Morgan fingerprint density at radius 3 is 2.45 bits per heavy atom. The second-order valence-corrected chi connectivity index (χ2v) is 10.3. The maximum absolute atomic E-state index is 13.9. The summed E-state index contributed by atoms with van der Waals surface area (Å²) in [7, 11) is 0. The zero-order chi connectivity index (χ0) is 21.2. The number of carbonyl (C=O) groups excluding carboxylic acids is 1. The monoisotopic (exact) mass is 479 g/mol. The number of nitrogens with zero attached hydrogens (tertiary/aromatic N) is 1. The Morgan fingerprint density at radius 1 is 1.10 bits per heavy atom. The molecule has 29 heavy (non-hydrogen) atoms. The van der Waals surface area contributed by atoms with Crippen LogP contribution >= 0.6 is 35.0 Å². The van der Waals surface area contributed by atoms with Crippen molar-refractivity contribution in [2.45, 2.75) is 84.5 Å². The molecule has 7 unspecified atom stereocenters. The van der Waals surface area contributed by atoms with Crippen LogP contribution in [0.5, 0.6) is 0 Å². The van der Waals surface area contributed by atoms with Crippen LogP contribution in [0.3, 0.4) is 0 Å². The van der Waals surface area contributed by atoms with Gasteiger partial charge in [0.05, 0.1) is 9.96 Å². The highest BCUT2D eigenvalue weighted by Gasteiger charge is 2.44. The van der Waals surface area contributed by atoms with Crippen molar-refractivity contribution in [1.29, 1.82) is 0 Å². The topological polar surface area (TPSA) is 77.5 Å². The first-order valence-corrected chi connectivity index (χ1v) is 11.2. The highest BCUT2D eigenvalue weighted by Crippen LogP contribution is 2.36. The fraction of sp³-hybridized carbons (Fsp3) is 0.875. The third-order valence-electron chi connectivity index (χ3n) is 5.00. The Bertz CT molecular complexity index is 619. The van der Waals surface area contributed by atoms with Gasteiger partial charge in [0.1, 0.15) is 18.4 Å². The van der Waals surface area contributed by atoms with E-state index < -0.39 is 24.6 Å². The predicted octanol–water partition coefficient (Wildman–Crippen LogP) is 2.76. The van der Waals surface area contributed by atoms with Gasteiger partial charge in [0.15, 0.2) is 5.96 Å². The Kier molecular flexibility index (Phi) is 7.80. The van der Waals surface area contributed by atoms with Gasteiger partial charge >= 0.3 is 6.18 Å². The van der Waals surface area contributed by atoms with E-state index in [0.717, 1.165) is 0 Å². The van der Waals surface area contributed by atoms with Crippen molar-refractivity contribution >= 4 is 46.8 Å². The van der Waals surface area contributed by atoms with Gasteiger partial charge in [-0.2, -0.15) is 13.2 Å². The number of guanidine groups is 1. The Labute approximate surface area is 180 Å². The zero-order valence-electron chi connectivity index (χ0n) is 15.3. The van der Waals surface area contributed by atoms with Crippen molar-refractivity contribution in [3.63, 3.8) is 0 Å². The lowest BCUT2D eigenvalue weighted by Crippen LogP contribution is -2.51. The van der Waals surface area contributed by atoms with Crippen LogP contribution in [0.2, 0.25) is 0 Å². The molecule has 2 heterocycles. The summed E-state index contributed by atoms with van der Waals surface area (Å²) in [5, 5.41) is 4.87. The van der Waals surface area contributed by atoms with Gasteiger partial charge < -0.3 is 5.32 Å². The molecular formula is C16H23Cl2F4N5OS. The first-order valence-electron chi connectivity index (χ1n) is 9.40. The number of nitrogens with one attached hydrogen (secondary N) is 4. The lowest BCUT2D eigenvalue weighted by molar-refractivity contribution is -0.153. The van der Waals surface area contributed by atoms with Gasteiger partial charge in [-0.25, -0.2) is 20.2 Å². The Morgan fingerprint density at radius 2 is 1.86 bits per heavy atom. The number of thioether (sulfide) groups is 1. The molecule has 2 saturated heterocycles. The molecule has 1 saturated carbocycles. The van der Waals surface area contributed by atoms with Crippen molar-refractivity contribution in [3.8, 4) is 0 Å². The van der Waals surface area contributed by atoms with Crippen molar-refractivity contribution < 1.29 is 22.4 Å². The van der Waals surface area contributed by atoms with E-state index in [2.05, 4.69) is 26.5 Å². The molecule has 0 aromatic heterocycles. The van der Waals surface area contributed by atoms with Gasteiger partial charge in [0, 0.05) is 17.8 Å². The molecule has 0 spiro atoms. The molecule has 13 heteroatoms. The molecule has 7 atom stereocenters. The minimum absolute atomic E-state index is 0.0127. The molecule has 0 aromatic carbocycles. The summed E-state index contributed by atoms with van der Waals surface area (Å²) in [4.78, 5) is 16.7. The number of halogens is 6. The van der Waals surface area contributed by atoms with Crippen molar-refractivity contribution in [2.24, 2.45) is 4.99 Å². The molecule has 3 fully saturated rings. The van der Waals surface area contributed by atoms with E-state index in [4.69, 9.17) is 23.2 Å². The summed E-state index contributed by atoms with van der Waals surface area (Å²) >= 11 is 13.4. The van der Waals surface area contributed by atoms with Crippen LogP contribution in [0.1, 0.15) is 38.5 Å². The minimum atomic E-state index is -4.42. The van der Waals surface area contributed by atoms with Gasteiger partial charge in [0.25, 0.3) is 0 Å². The highest BCUT2D eigenvalue weighted by molar-refractivity contribution is 8.02. The first-order chi connectivity index (χ1) is 13.6. The van der Waals surface area contributed by atoms with E-state index in [1.165, 1.54) is 11.8 Å². The number of amides is 1.